The number of ether oxygens (including phenoxy) is 2. The van der Waals surface area contributed by atoms with Crippen molar-refractivity contribution in [2.24, 2.45) is 0 Å². The third-order valence-electron chi connectivity index (χ3n) is 2.75. The molecule has 0 saturated carbocycles. The van der Waals surface area contributed by atoms with Gasteiger partial charge in [-0.1, -0.05) is 6.92 Å². The van der Waals surface area contributed by atoms with E-state index in [1.54, 1.807) is 0 Å². The molecule has 20 heavy (non-hydrogen) atoms. The minimum Gasteiger partial charge on any atom is -0.494 e. The quantitative estimate of drug-likeness (QED) is 0.713. The molecule has 1 rings (SSSR count). The number of rotatable bonds is 10. The lowest BCUT2D eigenvalue weighted by atomic mass is 10.3. The number of benzene rings is 1. The predicted octanol–water partition coefficient (Wildman–Crippen LogP) is 2.26. The highest BCUT2D eigenvalue weighted by Crippen LogP contribution is 2.17. The Hall–Kier alpha value is -1.75. The van der Waals surface area contributed by atoms with Gasteiger partial charge in [-0.05, 0) is 37.7 Å². The van der Waals surface area contributed by atoms with E-state index in [-0.39, 0.29) is 6.42 Å². The molecule has 0 aliphatic heterocycles. The number of nitrogens with zero attached hydrogens (tertiary/aromatic N) is 1. The van der Waals surface area contributed by atoms with E-state index in [0.717, 1.165) is 17.9 Å². The first-order valence-corrected chi connectivity index (χ1v) is 6.88. The topological polar surface area (TPSA) is 59.0 Å². The van der Waals surface area contributed by atoms with Gasteiger partial charge in [0.2, 0.25) is 0 Å². The van der Waals surface area contributed by atoms with Gasteiger partial charge in [0.15, 0.2) is 0 Å². The number of carboxylic acids is 1. The smallest absolute Gasteiger partial charge is 0.304 e. The molecule has 0 atom stereocenters. The maximum absolute atomic E-state index is 10.4. The Kier molecular flexibility index (Phi) is 7.50. The van der Waals surface area contributed by atoms with Gasteiger partial charge < -0.3 is 19.5 Å². The van der Waals surface area contributed by atoms with Gasteiger partial charge in [0.25, 0.3) is 0 Å². The molecular formula is C15H23NO4. The average Bonchev–Trinajstić information content (AvgIpc) is 2.44. The molecule has 0 bridgehead atoms. The lowest BCUT2D eigenvalue weighted by Gasteiger charge is -2.15. The van der Waals surface area contributed by atoms with Crippen molar-refractivity contribution < 1.29 is 19.4 Å². The van der Waals surface area contributed by atoms with E-state index in [0.29, 0.717) is 26.3 Å². The first-order chi connectivity index (χ1) is 9.61. The molecule has 112 valence electrons. The van der Waals surface area contributed by atoms with Crippen LogP contribution in [0.5, 0.6) is 11.5 Å². The van der Waals surface area contributed by atoms with Crippen molar-refractivity contribution in [1.29, 1.82) is 0 Å². The Morgan fingerprint density at radius 1 is 1.10 bits per heavy atom. The summed E-state index contributed by atoms with van der Waals surface area (Å²) >= 11 is 0. The van der Waals surface area contributed by atoms with Crippen LogP contribution in [0, 0.1) is 0 Å². The standard InChI is InChI=1S/C15H23NO4/c1-3-11-19-13-4-6-14(7-5-13)20-12-10-16(2)9-8-15(17)18/h4-7H,3,8-12H2,1-2H3,(H,17,18). The highest BCUT2D eigenvalue weighted by molar-refractivity contribution is 5.66. The molecule has 0 heterocycles. The van der Waals surface area contributed by atoms with Crippen molar-refractivity contribution in [3.63, 3.8) is 0 Å². The molecule has 0 aliphatic carbocycles. The van der Waals surface area contributed by atoms with Gasteiger partial charge in [-0.3, -0.25) is 4.79 Å². The van der Waals surface area contributed by atoms with Gasteiger partial charge >= 0.3 is 5.97 Å². The Bertz CT molecular complexity index is 391. The van der Waals surface area contributed by atoms with Crippen LogP contribution < -0.4 is 9.47 Å². The van der Waals surface area contributed by atoms with Crippen molar-refractivity contribution in [2.45, 2.75) is 19.8 Å². The maximum atomic E-state index is 10.4. The Labute approximate surface area is 120 Å². The molecule has 0 spiro atoms. The second-order valence-electron chi connectivity index (χ2n) is 4.62. The van der Waals surface area contributed by atoms with Crippen molar-refractivity contribution in [3.05, 3.63) is 24.3 Å². The summed E-state index contributed by atoms with van der Waals surface area (Å²) in [7, 11) is 1.88. The Balaban J connectivity index is 2.22. The van der Waals surface area contributed by atoms with Crippen LogP contribution in [0.15, 0.2) is 24.3 Å². The van der Waals surface area contributed by atoms with Gasteiger partial charge in [-0.15, -0.1) is 0 Å². The van der Waals surface area contributed by atoms with Crippen LogP contribution in [-0.2, 0) is 4.79 Å². The fourth-order valence-corrected chi connectivity index (χ4v) is 1.57. The number of carboxylic acid groups (broad SMARTS) is 1. The second kappa shape index (κ2) is 9.20. The Morgan fingerprint density at radius 2 is 1.65 bits per heavy atom. The van der Waals surface area contributed by atoms with Crippen LogP contribution in [0.2, 0.25) is 0 Å². The lowest BCUT2D eigenvalue weighted by Crippen LogP contribution is -2.26. The molecule has 5 heteroatoms. The van der Waals surface area contributed by atoms with Crippen molar-refractivity contribution in [2.75, 3.05) is 33.4 Å². The van der Waals surface area contributed by atoms with Crippen LogP contribution in [0.3, 0.4) is 0 Å². The summed E-state index contributed by atoms with van der Waals surface area (Å²) in [5.41, 5.74) is 0. The number of hydrogen-bond acceptors (Lipinski definition) is 4. The molecule has 1 aromatic carbocycles. The SMILES string of the molecule is CCCOc1ccc(OCCN(C)CCC(=O)O)cc1. The molecule has 0 unspecified atom stereocenters. The van der Waals surface area contributed by atoms with Gasteiger partial charge in [0, 0.05) is 13.1 Å². The monoisotopic (exact) mass is 281 g/mol. The molecule has 0 saturated heterocycles. The minimum atomic E-state index is -0.777. The van der Waals surface area contributed by atoms with Crippen molar-refractivity contribution in [1.82, 2.24) is 4.90 Å². The van der Waals surface area contributed by atoms with Gasteiger partial charge in [-0.25, -0.2) is 0 Å². The molecule has 1 aromatic rings. The molecule has 1 N–H and O–H groups in total. The fourth-order valence-electron chi connectivity index (χ4n) is 1.57. The zero-order valence-electron chi connectivity index (χ0n) is 12.2. The predicted molar refractivity (Wildman–Crippen MR) is 77.5 cm³/mol. The first-order valence-electron chi connectivity index (χ1n) is 6.88. The zero-order valence-corrected chi connectivity index (χ0v) is 12.2. The number of likely N-dealkylation sites (N-methyl/N-ethyl adjacent to an activating group) is 1. The molecular weight excluding hydrogens is 258 g/mol. The summed E-state index contributed by atoms with van der Waals surface area (Å²) in [6.07, 6.45) is 1.14. The van der Waals surface area contributed by atoms with Gasteiger partial charge in [-0.2, -0.15) is 0 Å². The van der Waals surface area contributed by atoms with E-state index in [2.05, 4.69) is 6.92 Å². The maximum Gasteiger partial charge on any atom is 0.304 e. The van der Waals surface area contributed by atoms with E-state index in [1.807, 2.05) is 36.2 Å². The van der Waals surface area contributed by atoms with E-state index >= 15 is 0 Å². The van der Waals surface area contributed by atoms with Crippen LogP contribution >= 0.6 is 0 Å². The lowest BCUT2D eigenvalue weighted by molar-refractivity contribution is -0.137. The van der Waals surface area contributed by atoms with Crippen LogP contribution in [0.4, 0.5) is 0 Å². The summed E-state index contributed by atoms with van der Waals surface area (Å²) in [5, 5.41) is 8.58. The summed E-state index contributed by atoms with van der Waals surface area (Å²) in [6.45, 7) is 4.54. The molecule has 0 aromatic heterocycles. The van der Waals surface area contributed by atoms with Crippen LogP contribution in [0.25, 0.3) is 0 Å². The zero-order chi connectivity index (χ0) is 14.8. The molecule has 0 radical (unpaired) electrons. The molecule has 0 aliphatic rings. The summed E-state index contributed by atoms with van der Waals surface area (Å²) in [6, 6.07) is 7.53. The van der Waals surface area contributed by atoms with Gasteiger partial charge in [0.05, 0.1) is 13.0 Å². The normalized spacial score (nSPS) is 10.6. The average molecular weight is 281 g/mol. The van der Waals surface area contributed by atoms with E-state index in [9.17, 15) is 4.79 Å². The van der Waals surface area contributed by atoms with Crippen LogP contribution in [-0.4, -0.2) is 49.3 Å². The van der Waals surface area contributed by atoms with E-state index < -0.39 is 5.97 Å². The highest BCUT2D eigenvalue weighted by Gasteiger charge is 2.03. The molecule has 5 nitrogen and oxygen atoms in total. The molecule has 0 fully saturated rings. The number of carbonyl (C=O) groups is 1. The van der Waals surface area contributed by atoms with Gasteiger partial charge in [0.1, 0.15) is 18.1 Å². The minimum absolute atomic E-state index is 0.153. The highest BCUT2D eigenvalue weighted by atomic mass is 16.5. The largest absolute Gasteiger partial charge is 0.494 e. The Morgan fingerprint density at radius 3 is 2.15 bits per heavy atom. The second-order valence-corrected chi connectivity index (χ2v) is 4.62. The van der Waals surface area contributed by atoms with Crippen LogP contribution in [0.1, 0.15) is 19.8 Å². The fraction of sp³-hybridized carbons (Fsp3) is 0.533. The van der Waals surface area contributed by atoms with E-state index in [4.69, 9.17) is 14.6 Å². The van der Waals surface area contributed by atoms with E-state index in [1.165, 1.54) is 0 Å². The third kappa shape index (κ3) is 6.99. The molecule has 0 amide bonds. The summed E-state index contributed by atoms with van der Waals surface area (Å²) < 4.78 is 11.1. The third-order valence-corrected chi connectivity index (χ3v) is 2.75. The van der Waals surface area contributed by atoms with Crippen molar-refractivity contribution in [3.8, 4) is 11.5 Å². The number of hydrogen-bond donors (Lipinski definition) is 1. The number of aliphatic carboxylic acids is 1. The summed E-state index contributed by atoms with van der Waals surface area (Å²) in [5.74, 6) is 0.860. The summed E-state index contributed by atoms with van der Waals surface area (Å²) in [4.78, 5) is 12.4. The van der Waals surface area contributed by atoms with Crippen molar-refractivity contribution >= 4 is 5.97 Å². The first kappa shape index (κ1) is 16.3.